The van der Waals surface area contributed by atoms with E-state index in [-0.39, 0.29) is 31.6 Å². The molecule has 1 atom stereocenters. The van der Waals surface area contributed by atoms with Gasteiger partial charge in [0, 0.05) is 19.6 Å². The number of carbonyl (C=O) groups excluding carboxylic acids is 3. The van der Waals surface area contributed by atoms with Crippen LogP contribution in [0.15, 0.2) is 0 Å². The molecular formula is C16H28N4O5S. The van der Waals surface area contributed by atoms with Gasteiger partial charge in [-0.25, -0.2) is 8.42 Å². The first-order chi connectivity index (χ1) is 12.0. The molecule has 1 aliphatic heterocycles. The third-order valence-corrected chi connectivity index (χ3v) is 6.44. The maximum Gasteiger partial charge on any atom is 0.247 e. The first-order valence-electron chi connectivity index (χ1n) is 8.83. The van der Waals surface area contributed by atoms with Crippen LogP contribution in [0.3, 0.4) is 0 Å². The minimum absolute atomic E-state index is 0.142. The number of piperazine rings is 1. The number of likely N-dealkylation sites (N-methyl/N-ethyl adjacent to an activating group) is 1. The second-order valence-corrected chi connectivity index (χ2v) is 9.33. The zero-order chi connectivity index (χ0) is 19.5. The fourth-order valence-corrected chi connectivity index (χ4v) is 4.20. The molecule has 1 heterocycles. The lowest BCUT2D eigenvalue weighted by atomic mass is 9.95. The number of sulfonamides is 1. The molecule has 2 N–H and O–H groups in total. The summed E-state index contributed by atoms with van der Waals surface area (Å²) in [6.45, 7) is 0.854. The highest BCUT2D eigenvalue weighted by molar-refractivity contribution is 7.88. The van der Waals surface area contributed by atoms with Gasteiger partial charge in [-0.2, -0.15) is 4.31 Å². The second kappa shape index (κ2) is 7.91. The first-order valence-corrected chi connectivity index (χ1v) is 10.7. The number of amides is 3. The summed E-state index contributed by atoms with van der Waals surface area (Å²) in [5.41, 5.74) is -1.37. The molecule has 0 radical (unpaired) electrons. The van der Waals surface area contributed by atoms with E-state index in [2.05, 4.69) is 10.6 Å². The summed E-state index contributed by atoms with van der Waals surface area (Å²) in [6, 6.07) is 0.142. The molecule has 10 heteroatoms. The maximum atomic E-state index is 12.6. The van der Waals surface area contributed by atoms with Gasteiger partial charge in [-0.05, 0) is 19.8 Å². The lowest BCUT2D eigenvalue weighted by Crippen LogP contribution is -2.68. The Morgan fingerprint density at radius 3 is 2.42 bits per heavy atom. The third kappa shape index (κ3) is 4.73. The van der Waals surface area contributed by atoms with Gasteiger partial charge < -0.3 is 15.5 Å². The van der Waals surface area contributed by atoms with Crippen molar-refractivity contribution in [3.63, 3.8) is 0 Å². The molecule has 1 aliphatic carbocycles. The number of rotatable bonds is 5. The van der Waals surface area contributed by atoms with Gasteiger partial charge in [0.05, 0.1) is 19.3 Å². The molecule has 0 aromatic rings. The predicted octanol–water partition coefficient (Wildman–Crippen LogP) is -0.956. The average Bonchev–Trinajstić information content (AvgIpc) is 2.57. The van der Waals surface area contributed by atoms with Crippen LogP contribution >= 0.6 is 0 Å². The molecule has 148 valence electrons. The number of carbonyl (C=O) groups is 3. The van der Waals surface area contributed by atoms with Crippen molar-refractivity contribution in [3.05, 3.63) is 0 Å². The molecule has 2 fully saturated rings. The lowest BCUT2D eigenvalue weighted by molar-refractivity contribution is -0.150. The van der Waals surface area contributed by atoms with Crippen molar-refractivity contribution >= 4 is 27.7 Å². The van der Waals surface area contributed by atoms with E-state index in [1.54, 1.807) is 0 Å². The Balaban J connectivity index is 1.97. The third-order valence-electron chi connectivity index (χ3n) is 5.25. The molecular weight excluding hydrogens is 360 g/mol. The Labute approximate surface area is 154 Å². The molecule has 1 unspecified atom stereocenters. The van der Waals surface area contributed by atoms with Crippen LogP contribution in [-0.4, -0.2) is 79.9 Å². The van der Waals surface area contributed by atoms with Gasteiger partial charge in [0.1, 0.15) is 5.54 Å². The highest BCUT2D eigenvalue weighted by Crippen LogP contribution is 2.23. The van der Waals surface area contributed by atoms with Crippen LogP contribution in [0.2, 0.25) is 0 Å². The highest BCUT2D eigenvalue weighted by Gasteiger charge is 2.47. The number of nitrogens with one attached hydrogen (secondary N) is 2. The Morgan fingerprint density at radius 1 is 1.23 bits per heavy atom. The smallest absolute Gasteiger partial charge is 0.247 e. The van der Waals surface area contributed by atoms with Gasteiger partial charge in [0.15, 0.2) is 0 Å². The fourth-order valence-electron chi connectivity index (χ4n) is 3.37. The SMILES string of the molecule is CN1C(=O)CN(S(C)(=O)=O)CC1(C)C(=O)NCC(=O)NC1CCCCC1. The average molecular weight is 388 g/mol. The van der Waals surface area contributed by atoms with Crippen LogP contribution in [0.1, 0.15) is 39.0 Å². The molecule has 3 amide bonds. The van der Waals surface area contributed by atoms with Crippen LogP contribution in [0, 0.1) is 0 Å². The summed E-state index contributed by atoms with van der Waals surface area (Å²) in [6.07, 6.45) is 6.24. The van der Waals surface area contributed by atoms with E-state index in [4.69, 9.17) is 0 Å². The Morgan fingerprint density at radius 2 is 1.85 bits per heavy atom. The lowest BCUT2D eigenvalue weighted by Gasteiger charge is -2.44. The molecule has 1 saturated heterocycles. The second-order valence-electron chi connectivity index (χ2n) is 7.34. The monoisotopic (exact) mass is 388 g/mol. The van der Waals surface area contributed by atoms with E-state index in [1.165, 1.54) is 25.3 Å². The number of hydrogen-bond donors (Lipinski definition) is 2. The molecule has 2 aliphatic rings. The topological polar surface area (TPSA) is 116 Å². The molecule has 0 spiro atoms. The van der Waals surface area contributed by atoms with Crippen molar-refractivity contribution < 1.29 is 22.8 Å². The van der Waals surface area contributed by atoms with Gasteiger partial charge in [-0.1, -0.05) is 19.3 Å². The van der Waals surface area contributed by atoms with E-state index in [9.17, 15) is 22.8 Å². The summed E-state index contributed by atoms with van der Waals surface area (Å²) in [4.78, 5) is 38.1. The molecule has 1 saturated carbocycles. The van der Waals surface area contributed by atoms with Crippen molar-refractivity contribution in [1.29, 1.82) is 0 Å². The van der Waals surface area contributed by atoms with Crippen molar-refractivity contribution in [2.24, 2.45) is 0 Å². The number of hydrogen-bond acceptors (Lipinski definition) is 5. The summed E-state index contributed by atoms with van der Waals surface area (Å²) in [7, 11) is -2.15. The summed E-state index contributed by atoms with van der Waals surface area (Å²) < 4.78 is 24.6. The Bertz CT molecular complexity index is 674. The molecule has 9 nitrogen and oxygen atoms in total. The predicted molar refractivity (Wildman–Crippen MR) is 95.6 cm³/mol. The molecule has 0 aromatic carbocycles. The summed E-state index contributed by atoms with van der Waals surface area (Å²) >= 11 is 0. The van der Waals surface area contributed by atoms with E-state index in [0.717, 1.165) is 36.2 Å². The van der Waals surface area contributed by atoms with E-state index in [0.29, 0.717) is 0 Å². The van der Waals surface area contributed by atoms with Crippen LogP contribution in [-0.2, 0) is 24.4 Å². The van der Waals surface area contributed by atoms with Crippen LogP contribution in [0.5, 0.6) is 0 Å². The standard InChI is InChI=1S/C16H28N4O5S/c1-16(11-20(26(3,24)25)10-14(22)19(16)2)15(23)17-9-13(21)18-12-7-5-4-6-8-12/h12H,4-11H2,1-3H3,(H,17,23)(H,18,21). The van der Waals surface area contributed by atoms with Gasteiger partial charge in [0.25, 0.3) is 0 Å². The summed E-state index contributed by atoms with van der Waals surface area (Å²) in [5.74, 6) is -1.30. The maximum absolute atomic E-state index is 12.6. The molecule has 2 rings (SSSR count). The zero-order valence-electron chi connectivity index (χ0n) is 15.6. The number of nitrogens with zero attached hydrogens (tertiary/aromatic N) is 2. The molecule has 0 bridgehead atoms. The van der Waals surface area contributed by atoms with E-state index >= 15 is 0 Å². The van der Waals surface area contributed by atoms with Crippen LogP contribution in [0.25, 0.3) is 0 Å². The van der Waals surface area contributed by atoms with Crippen molar-refractivity contribution in [1.82, 2.24) is 19.8 Å². The van der Waals surface area contributed by atoms with E-state index in [1.807, 2.05) is 0 Å². The largest absolute Gasteiger partial charge is 0.352 e. The first kappa shape index (κ1) is 20.6. The van der Waals surface area contributed by atoms with Gasteiger partial charge in [0.2, 0.25) is 27.7 Å². The normalized spacial score (nSPS) is 25.8. The van der Waals surface area contributed by atoms with Crippen LogP contribution < -0.4 is 10.6 Å². The summed E-state index contributed by atoms with van der Waals surface area (Å²) in [5, 5.41) is 5.44. The van der Waals surface area contributed by atoms with Crippen molar-refractivity contribution in [2.75, 3.05) is 32.9 Å². The minimum Gasteiger partial charge on any atom is -0.352 e. The van der Waals surface area contributed by atoms with E-state index < -0.39 is 27.4 Å². The Kier molecular flexibility index (Phi) is 6.28. The van der Waals surface area contributed by atoms with Crippen molar-refractivity contribution in [2.45, 2.75) is 50.6 Å². The highest BCUT2D eigenvalue weighted by atomic mass is 32.2. The molecule has 26 heavy (non-hydrogen) atoms. The van der Waals surface area contributed by atoms with Gasteiger partial charge in [-0.15, -0.1) is 0 Å². The fraction of sp³-hybridized carbons (Fsp3) is 0.812. The zero-order valence-corrected chi connectivity index (χ0v) is 16.4. The minimum atomic E-state index is -3.61. The molecule has 0 aromatic heterocycles. The van der Waals surface area contributed by atoms with Crippen molar-refractivity contribution in [3.8, 4) is 0 Å². The Hall–Kier alpha value is -1.68. The van der Waals surface area contributed by atoms with Crippen LogP contribution in [0.4, 0.5) is 0 Å². The van der Waals surface area contributed by atoms with Gasteiger partial charge >= 0.3 is 0 Å². The van der Waals surface area contributed by atoms with Gasteiger partial charge in [-0.3, -0.25) is 14.4 Å². The quantitative estimate of drug-likeness (QED) is 0.630.